The van der Waals surface area contributed by atoms with Crippen molar-refractivity contribution in [2.24, 2.45) is 0 Å². The quantitative estimate of drug-likeness (QED) is 0.801. The Kier molecular flexibility index (Phi) is 4.55. The van der Waals surface area contributed by atoms with E-state index in [4.69, 9.17) is 0 Å². The highest BCUT2D eigenvalue weighted by molar-refractivity contribution is 7.99. The van der Waals surface area contributed by atoms with Gasteiger partial charge in [0.25, 0.3) is 5.91 Å². The van der Waals surface area contributed by atoms with Crippen LogP contribution in [0.1, 0.15) is 5.56 Å². The lowest BCUT2D eigenvalue weighted by Gasteiger charge is -2.28. The summed E-state index contributed by atoms with van der Waals surface area (Å²) >= 11 is 1.87. The third-order valence-corrected chi connectivity index (χ3v) is 5.39. The summed E-state index contributed by atoms with van der Waals surface area (Å²) in [6.45, 7) is 1.68. The van der Waals surface area contributed by atoms with Gasteiger partial charge < -0.3 is 15.5 Å². The Morgan fingerprint density at radius 2 is 1.92 bits per heavy atom. The fraction of sp³-hybridized carbons (Fsp3) is 0.211. The first-order valence-corrected chi connectivity index (χ1v) is 9.47. The molecule has 2 aromatic rings. The van der Waals surface area contributed by atoms with Crippen molar-refractivity contribution in [3.63, 3.8) is 0 Å². The van der Waals surface area contributed by atoms with Gasteiger partial charge in [-0.2, -0.15) is 11.8 Å². The third kappa shape index (κ3) is 3.26. The average molecular weight is 373 g/mol. The molecule has 0 atom stereocenters. The first-order valence-electron chi connectivity index (χ1n) is 8.32. The Balaban J connectivity index is 1.54. The van der Waals surface area contributed by atoms with E-state index < -0.39 is 5.82 Å². The molecule has 2 heterocycles. The summed E-state index contributed by atoms with van der Waals surface area (Å²) in [7, 11) is 0. The van der Waals surface area contributed by atoms with E-state index in [1.54, 1.807) is 18.2 Å². The van der Waals surface area contributed by atoms with Gasteiger partial charge >= 0.3 is 0 Å². The van der Waals surface area contributed by atoms with Gasteiger partial charge in [0.1, 0.15) is 11.6 Å². The van der Waals surface area contributed by atoms with Gasteiger partial charge in [-0.15, -0.1) is 0 Å². The Morgan fingerprint density at radius 1 is 1.12 bits per heavy atom. The van der Waals surface area contributed by atoms with E-state index in [0.717, 1.165) is 24.6 Å². The van der Waals surface area contributed by atoms with Gasteiger partial charge in [0.2, 0.25) is 0 Å². The van der Waals surface area contributed by atoms with E-state index in [1.807, 2.05) is 16.7 Å². The zero-order valence-corrected chi connectivity index (χ0v) is 14.7. The molecule has 1 amide bonds. The van der Waals surface area contributed by atoms with Crippen LogP contribution in [0.2, 0.25) is 0 Å². The molecule has 2 aliphatic heterocycles. The second-order valence-corrected chi connectivity index (χ2v) is 7.34. The molecule has 26 heavy (non-hydrogen) atoms. The molecule has 2 N–H and O–H groups in total. The summed E-state index contributed by atoms with van der Waals surface area (Å²) in [6.07, 6.45) is 1.52. The van der Waals surface area contributed by atoms with E-state index in [2.05, 4.69) is 10.6 Å². The molecule has 4 rings (SSSR count). The molecule has 0 radical (unpaired) electrons. The van der Waals surface area contributed by atoms with Crippen molar-refractivity contribution in [3.8, 4) is 0 Å². The number of benzene rings is 2. The van der Waals surface area contributed by atoms with Gasteiger partial charge in [-0.3, -0.25) is 4.79 Å². The summed E-state index contributed by atoms with van der Waals surface area (Å²) in [4.78, 5) is 14.1. The van der Waals surface area contributed by atoms with Crippen molar-refractivity contribution in [2.45, 2.75) is 0 Å². The molecule has 0 aliphatic carbocycles. The zero-order chi connectivity index (χ0) is 18.1. The number of nitrogens with one attached hydrogen (secondary N) is 2. The molecule has 4 nitrogen and oxygen atoms in total. The summed E-state index contributed by atoms with van der Waals surface area (Å²) < 4.78 is 27.7. The predicted molar refractivity (Wildman–Crippen MR) is 103 cm³/mol. The van der Waals surface area contributed by atoms with Gasteiger partial charge in [0.05, 0.1) is 16.9 Å². The van der Waals surface area contributed by atoms with Gasteiger partial charge in [-0.25, -0.2) is 8.78 Å². The highest BCUT2D eigenvalue weighted by atomic mass is 32.2. The van der Waals surface area contributed by atoms with Crippen LogP contribution in [0.5, 0.6) is 0 Å². The predicted octanol–water partition coefficient (Wildman–Crippen LogP) is 3.92. The lowest BCUT2D eigenvalue weighted by Crippen LogP contribution is -2.33. The number of nitrogens with zero attached hydrogens (tertiary/aromatic N) is 1. The zero-order valence-electron chi connectivity index (χ0n) is 13.9. The number of carbonyl (C=O) groups is 1. The van der Waals surface area contributed by atoms with E-state index in [1.165, 1.54) is 24.4 Å². The van der Waals surface area contributed by atoms with Crippen LogP contribution in [0.15, 0.2) is 42.6 Å². The average Bonchev–Trinajstić information content (AvgIpc) is 2.95. The minimum Gasteiger partial charge on any atom is -0.368 e. The number of anilines is 3. The smallest absolute Gasteiger partial charge is 0.257 e. The summed E-state index contributed by atoms with van der Waals surface area (Å²) in [5.74, 6) is 0.980. The Hall–Kier alpha value is -2.54. The molecule has 1 fully saturated rings. The van der Waals surface area contributed by atoms with Gasteiger partial charge in [0, 0.05) is 42.0 Å². The molecule has 0 aromatic heterocycles. The topological polar surface area (TPSA) is 44.4 Å². The minimum absolute atomic E-state index is 0.293. The first-order chi connectivity index (χ1) is 12.6. The largest absolute Gasteiger partial charge is 0.368 e. The maximum Gasteiger partial charge on any atom is 0.257 e. The van der Waals surface area contributed by atoms with Crippen LogP contribution in [0.3, 0.4) is 0 Å². The van der Waals surface area contributed by atoms with E-state index in [-0.39, 0.29) is 11.7 Å². The molecule has 2 aromatic carbocycles. The number of thioether (sulfide) groups is 1. The maximum atomic E-state index is 14.5. The monoisotopic (exact) mass is 373 g/mol. The number of halogens is 2. The van der Waals surface area contributed by atoms with Crippen LogP contribution < -0.4 is 15.5 Å². The number of carbonyl (C=O) groups excluding carboxylic acids is 1. The molecular formula is C19H17F2N3OS. The van der Waals surface area contributed by atoms with Crippen LogP contribution in [0, 0.1) is 11.6 Å². The highest BCUT2D eigenvalue weighted by Gasteiger charge is 2.24. The van der Waals surface area contributed by atoms with Crippen molar-refractivity contribution in [2.75, 3.05) is 40.1 Å². The van der Waals surface area contributed by atoms with E-state index >= 15 is 0 Å². The number of hydrogen-bond donors (Lipinski definition) is 2. The van der Waals surface area contributed by atoms with Crippen molar-refractivity contribution in [1.82, 2.24) is 0 Å². The fourth-order valence-corrected chi connectivity index (χ4v) is 4.03. The molecule has 134 valence electrons. The highest BCUT2D eigenvalue weighted by Crippen LogP contribution is 2.32. The van der Waals surface area contributed by atoms with Crippen molar-refractivity contribution in [3.05, 3.63) is 59.8 Å². The third-order valence-electron chi connectivity index (χ3n) is 4.45. The molecule has 0 saturated carbocycles. The molecule has 0 spiro atoms. The van der Waals surface area contributed by atoms with Crippen LogP contribution in [-0.2, 0) is 4.79 Å². The van der Waals surface area contributed by atoms with Gasteiger partial charge in [-0.05, 0) is 36.4 Å². The second-order valence-electron chi connectivity index (χ2n) is 6.11. The lowest BCUT2D eigenvalue weighted by atomic mass is 10.1. The number of rotatable bonds is 3. The molecule has 0 unspecified atom stereocenters. The number of fused-ring (bicyclic) bond motifs is 1. The normalized spacial score (nSPS) is 18.0. The van der Waals surface area contributed by atoms with E-state index in [9.17, 15) is 13.6 Å². The minimum atomic E-state index is -0.410. The molecular weight excluding hydrogens is 356 g/mol. The summed E-state index contributed by atoms with van der Waals surface area (Å²) in [6, 6.07) is 9.10. The van der Waals surface area contributed by atoms with E-state index in [0.29, 0.717) is 28.2 Å². The SMILES string of the molecule is O=C1Nc2cc(F)ccc2/C1=C\Nc1ccc(N2CCSCC2)c(F)c1. The Labute approximate surface area is 154 Å². The number of amides is 1. The first kappa shape index (κ1) is 16.9. The lowest BCUT2D eigenvalue weighted by molar-refractivity contribution is -0.110. The van der Waals surface area contributed by atoms with Gasteiger partial charge in [-0.1, -0.05) is 0 Å². The number of hydrogen-bond acceptors (Lipinski definition) is 4. The van der Waals surface area contributed by atoms with Crippen molar-refractivity contribution < 1.29 is 13.6 Å². The summed E-state index contributed by atoms with van der Waals surface area (Å²) in [5.41, 5.74) is 2.59. The Bertz CT molecular complexity index is 894. The second kappa shape index (κ2) is 6.99. The van der Waals surface area contributed by atoms with Crippen LogP contribution >= 0.6 is 11.8 Å². The standard InChI is InChI=1S/C19H17F2N3OS/c20-12-1-3-14-15(19(25)23-17(14)9-12)11-22-13-2-4-18(16(21)10-13)24-5-7-26-8-6-24/h1-4,9-11,22H,5-8H2,(H,23,25)/b15-11+. The molecule has 2 aliphatic rings. The fourth-order valence-electron chi connectivity index (χ4n) is 3.12. The molecule has 1 saturated heterocycles. The maximum absolute atomic E-state index is 14.5. The molecule has 0 bridgehead atoms. The van der Waals surface area contributed by atoms with Gasteiger partial charge in [0.15, 0.2) is 0 Å². The Morgan fingerprint density at radius 3 is 2.69 bits per heavy atom. The van der Waals surface area contributed by atoms with Crippen LogP contribution in [0.25, 0.3) is 5.57 Å². The summed E-state index contributed by atoms with van der Waals surface area (Å²) in [5, 5.41) is 5.58. The van der Waals surface area contributed by atoms with Crippen LogP contribution in [0.4, 0.5) is 25.8 Å². The molecule has 7 heteroatoms. The van der Waals surface area contributed by atoms with Crippen molar-refractivity contribution in [1.29, 1.82) is 0 Å². The van der Waals surface area contributed by atoms with Crippen molar-refractivity contribution >= 4 is 40.3 Å². The van der Waals surface area contributed by atoms with Crippen LogP contribution in [-0.4, -0.2) is 30.5 Å².